The summed E-state index contributed by atoms with van der Waals surface area (Å²) in [5, 5.41) is 18.8. The van der Waals surface area contributed by atoms with Crippen molar-refractivity contribution in [1.29, 1.82) is 0 Å². The summed E-state index contributed by atoms with van der Waals surface area (Å²) in [6.45, 7) is 2.44. The third-order valence-electron chi connectivity index (χ3n) is 4.32. The number of hydrogen-bond donors (Lipinski definition) is 2. The summed E-state index contributed by atoms with van der Waals surface area (Å²) in [6, 6.07) is 1.87. The lowest BCUT2D eigenvalue weighted by molar-refractivity contribution is 0.0958. The number of aliphatic hydroxyl groups excluding tert-OH is 1. The summed E-state index contributed by atoms with van der Waals surface area (Å²) in [4.78, 5) is 21.3. The topological polar surface area (TPSA) is 141 Å². The number of aryl methyl sites for hydroxylation is 1. The molecule has 0 spiro atoms. The molecule has 136 valence electrons. The number of fused-ring (bicyclic) bond motifs is 1. The van der Waals surface area contributed by atoms with Gasteiger partial charge in [-0.15, -0.1) is 0 Å². The molecule has 0 aliphatic carbocycles. The highest BCUT2D eigenvalue weighted by Crippen LogP contribution is 2.23. The zero-order chi connectivity index (χ0) is 18.3. The first-order chi connectivity index (χ1) is 12.5. The average Bonchev–Trinajstić information content (AvgIpc) is 3.33. The second kappa shape index (κ2) is 6.35. The Morgan fingerprint density at radius 2 is 2.31 bits per heavy atom. The number of aliphatic hydroxyl groups is 1. The minimum atomic E-state index is -0.878. The molecule has 0 aromatic carbocycles. The normalized spacial score (nSPS) is 15.8. The van der Waals surface area contributed by atoms with E-state index in [1.165, 1.54) is 0 Å². The van der Waals surface area contributed by atoms with Gasteiger partial charge in [0.1, 0.15) is 5.82 Å². The van der Waals surface area contributed by atoms with Crippen LogP contribution < -0.4 is 5.73 Å². The number of aromatic nitrogens is 6. The van der Waals surface area contributed by atoms with E-state index < -0.39 is 12.0 Å². The molecule has 26 heavy (non-hydrogen) atoms. The van der Waals surface area contributed by atoms with Crippen LogP contribution in [-0.4, -0.2) is 51.9 Å². The Kier molecular flexibility index (Phi) is 4.01. The fourth-order valence-electron chi connectivity index (χ4n) is 3.00. The lowest BCUT2D eigenvalue weighted by Gasteiger charge is -2.26. The quantitative estimate of drug-likeness (QED) is 0.603. The molecule has 3 N–H and O–H groups in total. The van der Waals surface area contributed by atoms with Crippen LogP contribution in [0.2, 0.25) is 0 Å². The SMILES string of the molecule is Cn1ccnc1[C@@H](O)c1cc2n(n1)CCN(Cc1noc(C(N)=O)n1)C2. The number of nitrogens with two attached hydrogens (primary N) is 1. The van der Waals surface area contributed by atoms with Crippen LogP contribution in [0.15, 0.2) is 23.0 Å². The van der Waals surface area contributed by atoms with Crippen molar-refractivity contribution in [3.63, 3.8) is 0 Å². The highest BCUT2D eigenvalue weighted by molar-refractivity contribution is 5.87. The molecule has 11 heteroatoms. The Bertz CT molecular complexity index is 942. The van der Waals surface area contributed by atoms with Gasteiger partial charge in [-0.25, -0.2) is 4.98 Å². The van der Waals surface area contributed by atoms with Crippen LogP contribution in [0.3, 0.4) is 0 Å². The van der Waals surface area contributed by atoms with Crippen molar-refractivity contribution in [3.8, 4) is 0 Å². The number of amides is 1. The van der Waals surface area contributed by atoms with Crippen molar-refractivity contribution in [2.24, 2.45) is 12.8 Å². The van der Waals surface area contributed by atoms with Gasteiger partial charge in [-0.1, -0.05) is 5.16 Å². The maximum atomic E-state index is 11.0. The summed E-state index contributed by atoms with van der Waals surface area (Å²) in [5.74, 6) is 0.0130. The lowest BCUT2D eigenvalue weighted by Crippen LogP contribution is -2.33. The molecule has 0 saturated heterocycles. The van der Waals surface area contributed by atoms with Crippen molar-refractivity contribution in [2.45, 2.75) is 25.7 Å². The van der Waals surface area contributed by atoms with Gasteiger partial charge < -0.3 is 19.9 Å². The molecule has 3 aromatic heterocycles. The Labute approximate surface area is 148 Å². The fraction of sp³-hybridized carbons (Fsp3) is 0.400. The van der Waals surface area contributed by atoms with Crippen LogP contribution in [0.1, 0.15) is 39.8 Å². The van der Waals surface area contributed by atoms with Crippen molar-refractivity contribution in [2.75, 3.05) is 6.54 Å². The molecule has 1 aliphatic rings. The largest absolute Gasteiger partial charge is 0.379 e. The van der Waals surface area contributed by atoms with E-state index in [-0.39, 0.29) is 5.89 Å². The average molecular weight is 358 g/mol. The van der Waals surface area contributed by atoms with E-state index in [4.69, 9.17) is 10.3 Å². The Hall–Kier alpha value is -3.05. The van der Waals surface area contributed by atoms with Crippen LogP contribution in [-0.2, 0) is 26.7 Å². The third kappa shape index (κ3) is 2.97. The number of primary amides is 1. The number of nitrogens with zero attached hydrogens (tertiary/aromatic N) is 7. The summed E-state index contributed by atoms with van der Waals surface area (Å²) >= 11 is 0. The van der Waals surface area contributed by atoms with Crippen molar-refractivity contribution in [3.05, 3.63) is 47.4 Å². The first-order valence-electron chi connectivity index (χ1n) is 8.08. The number of hydrogen-bond acceptors (Lipinski definition) is 8. The zero-order valence-electron chi connectivity index (χ0n) is 14.1. The molecular formula is C15H18N8O3. The van der Waals surface area contributed by atoms with Gasteiger partial charge in [0, 0.05) is 32.5 Å². The Morgan fingerprint density at radius 1 is 1.46 bits per heavy atom. The predicted octanol–water partition coefficient (Wildman–Crippen LogP) is -0.804. The molecule has 3 aromatic rings. The van der Waals surface area contributed by atoms with Gasteiger partial charge in [-0.2, -0.15) is 10.1 Å². The Balaban J connectivity index is 1.48. The molecule has 0 saturated carbocycles. The second-order valence-corrected chi connectivity index (χ2v) is 6.17. The van der Waals surface area contributed by atoms with E-state index in [9.17, 15) is 9.90 Å². The molecular weight excluding hydrogens is 340 g/mol. The molecule has 1 amide bonds. The van der Waals surface area contributed by atoms with E-state index in [1.54, 1.807) is 17.0 Å². The summed E-state index contributed by atoms with van der Waals surface area (Å²) in [6.07, 6.45) is 2.54. The highest BCUT2D eigenvalue weighted by atomic mass is 16.5. The van der Waals surface area contributed by atoms with Gasteiger partial charge in [-0.05, 0) is 6.07 Å². The third-order valence-corrected chi connectivity index (χ3v) is 4.32. The standard InChI is InChI=1S/C15H18N8O3/c1-21-3-2-17-14(21)12(24)10-6-9-7-22(4-5-23(9)19-10)8-11-18-15(13(16)25)26-20-11/h2-3,6,12,24H,4-5,7-8H2,1H3,(H2,16,25)/t12-/m0/s1. The highest BCUT2D eigenvalue weighted by Gasteiger charge is 2.24. The van der Waals surface area contributed by atoms with Crippen LogP contribution in [0.25, 0.3) is 0 Å². The van der Waals surface area contributed by atoms with Gasteiger partial charge in [0.2, 0.25) is 0 Å². The van der Waals surface area contributed by atoms with Crippen LogP contribution in [0.4, 0.5) is 0 Å². The van der Waals surface area contributed by atoms with Crippen molar-refractivity contribution < 1.29 is 14.4 Å². The minimum Gasteiger partial charge on any atom is -0.379 e. The van der Waals surface area contributed by atoms with E-state index in [0.29, 0.717) is 37.0 Å². The van der Waals surface area contributed by atoms with Gasteiger partial charge in [0.05, 0.1) is 24.5 Å². The molecule has 1 atom stereocenters. The smallest absolute Gasteiger partial charge is 0.315 e. The zero-order valence-corrected chi connectivity index (χ0v) is 14.1. The molecule has 4 rings (SSSR count). The molecule has 0 fully saturated rings. The maximum Gasteiger partial charge on any atom is 0.315 e. The van der Waals surface area contributed by atoms with Crippen molar-refractivity contribution >= 4 is 5.91 Å². The van der Waals surface area contributed by atoms with Crippen LogP contribution >= 0.6 is 0 Å². The molecule has 1 aliphatic heterocycles. The summed E-state index contributed by atoms with van der Waals surface area (Å²) in [7, 11) is 1.83. The van der Waals surface area contributed by atoms with E-state index in [0.717, 1.165) is 12.2 Å². The number of imidazole rings is 1. The fourth-order valence-corrected chi connectivity index (χ4v) is 3.00. The van der Waals surface area contributed by atoms with Gasteiger partial charge in [-0.3, -0.25) is 14.4 Å². The van der Waals surface area contributed by atoms with Gasteiger partial charge in [0.25, 0.3) is 0 Å². The van der Waals surface area contributed by atoms with E-state index in [1.807, 2.05) is 17.8 Å². The molecule has 0 radical (unpaired) electrons. The molecule has 11 nitrogen and oxygen atoms in total. The Morgan fingerprint density at radius 3 is 3.00 bits per heavy atom. The monoisotopic (exact) mass is 358 g/mol. The first kappa shape index (κ1) is 16.4. The van der Waals surface area contributed by atoms with Gasteiger partial charge >= 0.3 is 11.8 Å². The lowest BCUT2D eigenvalue weighted by atomic mass is 10.2. The first-order valence-corrected chi connectivity index (χ1v) is 8.08. The second-order valence-electron chi connectivity index (χ2n) is 6.17. The van der Waals surface area contributed by atoms with E-state index in [2.05, 4.69) is 25.1 Å². The summed E-state index contributed by atoms with van der Waals surface area (Å²) in [5.41, 5.74) is 6.65. The van der Waals surface area contributed by atoms with Crippen LogP contribution in [0, 0.1) is 0 Å². The number of carbonyl (C=O) groups excluding carboxylic acids is 1. The van der Waals surface area contributed by atoms with Gasteiger partial charge in [0.15, 0.2) is 11.9 Å². The maximum absolute atomic E-state index is 11.0. The molecule has 0 bridgehead atoms. The van der Waals surface area contributed by atoms with Crippen LogP contribution in [0.5, 0.6) is 0 Å². The molecule has 0 unspecified atom stereocenters. The summed E-state index contributed by atoms with van der Waals surface area (Å²) < 4.78 is 8.45. The predicted molar refractivity (Wildman–Crippen MR) is 86.4 cm³/mol. The van der Waals surface area contributed by atoms with Crippen molar-refractivity contribution in [1.82, 2.24) is 34.4 Å². The number of carbonyl (C=O) groups is 1. The number of rotatable bonds is 5. The minimum absolute atomic E-state index is 0.192. The van der Waals surface area contributed by atoms with E-state index >= 15 is 0 Å². The molecule has 4 heterocycles.